The van der Waals surface area contributed by atoms with E-state index in [9.17, 15) is 29.7 Å². The molecule has 0 atom stereocenters. The number of hydrogen-bond acceptors (Lipinski definition) is 6. The predicted molar refractivity (Wildman–Crippen MR) is 140 cm³/mol. The Morgan fingerprint density at radius 1 is 0.462 bits per heavy atom. The number of carboxylic acids is 3. The molecule has 0 spiro atoms. The topological polar surface area (TPSA) is 140 Å². The second-order valence-corrected chi connectivity index (χ2v) is 8.43. The maximum atomic E-state index is 11.5. The summed E-state index contributed by atoms with van der Waals surface area (Å²) in [7, 11) is 0. The molecule has 0 saturated heterocycles. The van der Waals surface area contributed by atoms with E-state index in [1.54, 1.807) is 72.8 Å². The van der Waals surface area contributed by atoms with Crippen LogP contribution in [0.3, 0.4) is 0 Å². The minimum atomic E-state index is -1.11. The van der Waals surface area contributed by atoms with Crippen LogP contribution in [-0.2, 0) is 19.8 Å². The summed E-state index contributed by atoms with van der Waals surface area (Å²) in [4.78, 5) is 34.6. The molecule has 9 nitrogen and oxygen atoms in total. The number of ether oxygens (including phenoxy) is 3. The quantitative estimate of drug-likeness (QED) is 0.217. The van der Waals surface area contributed by atoms with Crippen molar-refractivity contribution in [3.8, 4) is 17.2 Å². The number of aromatic carboxylic acids is 3. The van der Waals surface area contributed by atoms with E-state index in [-0.39, 0.29) is 53.8 Å². The lowest BCUT2D eigenvalue weighted by Gasteiger charge is -2.15. The van der Waals surface area contributed by atoms with E-state index in [4.69, 9.17) is 14.2 Å². The minimum Gasteiger partial charge on any atom is -0.488 e. The lowest BCUT2D eigenvalue weighted by molar-refractivity contribution is 0.0680. The van der Waals surface area contributed by atoms with Crippen molar-refractivity contribution in [2.75, 3.05) is 0 Å². The molecular weight excluding hydrogens is 504 g/mol. The van der Waals surface area contributed by atoms with E-state index in [0.29, 0.717) is 16.7 Å². The molecule has 0 heterocycles. The SMILES string of the molecule is O=C(O)c1ccccc1OCc1cc(COc2ccccc2C(=O)O)cc(COc2ccccc2C(=O)O)c1. The van der Waals surface area contributed by atoms with Crippen molar-refractivity contribution in [3.05, 3.63) is 124 Å². The Bertz CT molecular complexity index is 1320. The van der Waals surface area contributed by atoms with Crippen LogP contribution in [0.1, 0.15) is 47.8 Å². The van der Waals surface area contributed by atoms with E-state index in [1.165, 1.54) is 18.2 Å². The molecule has 0 amide bonds. The van der Waals surface area contributed by atoms with Gasteiger partial charge in [0.25, 0.3) is 0 Å². The number of rotatable bonds is 12. The Hall–Kier alpha value is -5.31. The van der Waals surface area contributed by atoms with Gasteiger partial charge in [-0.15, -0.1) is 0 Å². The highest BCUT2D eigenvalue weighted by Gasteiger charge is 2.14. The van der Waals surface area contributed by atoms with Gasteiger partial charge in [0.05, 0.1) is 0 Å². The highest BCUT2D eigenvalue weighted by molar-refractivity contribution is 5.91. The molecule has 0 bridgehead atoms. The highest BCUT2D eigenvalue weighted by atomic mass is 16.5. The maximum Gasteiger partial charge on any atom is 0.339 e. The number of para-hydroxylation sites is 3. The Morgan fingerprint density at radius 3 is 0.974 bits per heavy atom. The van der Waals surface area contributed by atoms with Gasteiger partial charge in [-0.05, 0) is 71.3 Å². The molecule has 0 radical (unpaired) electrons. The second kappa shape index (κ2) is 12.3. The van der Waals surface area contributed by atoms with Gasteiger partial charge in [-0.1, -0.05) is 36.4 Å². The molecule has 4 rings (SSSR count). The third-order valence-corrected chi connectivity index (χ3v) is 5.65. The van der Waals surface area contributed by atoms with Crippen molar-refractivity contribution in [1.29, 1.82) is 0 Å². The van der Waals surface area contributed by atoms with Gasteiger partial charge in [-0.3, -0.25) is 0 Å². The average Bonchev–Trinajstić information content (AvgIpc) is 2.94. The maximum absolute atomic E-state index is 11.5. The molecule has 0 fully saturated rings. The number of hydrogen-bond donors (Lipinski definition) is 3. The molecule has 0 aliphatic rings. The van der Waals surface area contributed by atoms with Crippen molar-refractivity contribution in [2.24, 2.45) is 0 Å². The summed E-state index contributed by atoms with van der Waals surface area (Å²) in [6, 6.07) is 24.2. The van der Waals surface area contributed by atoms with Crippen molar-refractivity contribution >= 4 is 17.9 Å². The van der Waals surface area contributed by atoms with Gasteiger partial charge in [-0.2, -0.15) is 0 Å². The zero-order chi connectivity index (χ0) is 27.8. The molecule has 4 aromatic carbocycles. The van der Waals surface area contributed by atoms with Crippen LogP contribution in [0.5, 0.6) is 17.2 Å². The van der Waals surface area contributed by atoms with Crippen LogP contribution in [0.4, 0.5) is 0 Å². The molecular formula is C30H24O9. The zero-order valence-corrected chi connectivity index (χ0v) is 20.6. The molecule has 0 aromatic heterocycles. The fraction of sp³-hybridized carbons (Fsp3) is 0.100. The Labute approximate surface area is 223 Å². The van der Waals surface area contributed by atoms with Gasteiger partial charge in [0.1, 0.15) is 53.8 Å². The number of carboxylic acid groups (broad SMARTS) is 3. The largest absolute Gasteiger partial charge is 0.488 e. The monoisotopic (exact) mass is 528 g/mol. The normalized spacial score (nSPS) is 10.5. The minimum absolute atomic E-state index is 0.0242. The molecule has 198 valence electrons. The van der Waals surface area contributed by atoms with Crippen LogP contribution >= 0.6 is 0 Å². The lowest BCUT2D eigenvalue weighted by Crippen LogP contribution is -2.07. The Kier molecular flexibility index (Phi) is 8.43. The average molecular weight is 529 g/mol. The van der Waals surface area contributed by atoms with Crippen molar-refractivity contribution in [1.82, 2.24) is 0 Å². The van der Waals surface area contributed by atoms with Gasteiger partial charge in [0.15, 0.2) is 0 Å². The molecule has 39 heavy (non-hydrogen) atoms. The number of carbonyl (C=O) groups is 3. The van der Waals surface area contributed by atoms with E-state index in [0.717, 1.165) is 0 Å². The smallest absolute Gasteiger partial charge is 0.339 e. The summed E-state index contributed by atoms with van der Waals surface area (Å²) >= 11 is 0. The second-order valence-electron chi connectivity index (χ2n) is 8.43. The van der Waals surface area contributed by atoms with E-state index in [2.05, 4.69) is 0 Å². The van der Waals surface area contributed by atoms with Crippen LogP contribution in [0.15, 0.2) is 91.0 Å². The summed E-state index contributed by atoms with van der Waals surface area (Å²) in [5.41, 5.74) is 2.09. The summed E-state index contributed by atoms with van der Waals surface area (Å²) in [5.74, 6) is -2.73. The fourth-order valence-corrected chi connectivity index (χ4v) is 3.88. The van der Waals surface area contributed by atoms with Crippen molar-refractivity contribution in [3.63, 3.8) is 0 Å². The first-order valence-electron chi connectivity index (χ1n) is 11.8. The molecule has 0 aliphatic carbocycles. The van der Waals surface area contributed by atoms with Gasteiger partial charge < -0.3 is 29.5 Å². The molecule has 0 aliphatic heterocycles. The van der Waals surface area contributed by atoms with Crippen LogP contribution in [0.25, 0.3) is 0 Å². The van der Waals surface area contributed by atoms with E-state index >= 15 is 0 Å². The standard InChI is InChI=1S/C30H24O9/c31-28(32)22-7-1-4-10-25(22)37-16-19-13-20(17-38-26-11-5-2-8-23(26)29(33)34)15-21(14-19)18-39-27-12-6-3-9-24(27)30(35)36/h1-15H,16-18H2,(H,31,32)(H,33,34)(H,35,36). The molecule has 0 saturated carbocycles. The van der Waals surface area contributed by atoms with Crippen LogP contribution < -0.4 is 14.2 Å². The first-order valence-corrected chi connectivity index (χ1v) is 11.8. The van der Waals surface area contributed by atoms with Crippen LogP contribution in [0.2, 0.25) is 0 Å². The van der Waals surface area contributed by atoms with Gasteiger partial charge in [0.2, 0.25) is 0 Å². The van der Waals surface area contributed by atoms with Crippen LogP contribution in [-0.4, -0.2) is 33.2 Å². The molecule has 0 unspecified atom stereocenters. The number of benzene rings is 4. The van der Waals surface area contributed by atoms with E-state index < -0.39 is 17.9 Å². The van der Waals surface area contributed by atoms with Crippen molar-refractivity contribution in [2.45, 2.75) is 19.8 Å². The van der Waals surface area contributed by atoms with Crippen LogP contribution in [0, 0.1) is 0 Å². The van der Waals surface area contributed by atoms with E-state index in [1.807, 2.05) is 0 Å². The highest BCUT2D eigenvalue weighted by Crippen LogP contribution is 2.24. The third kappa shape index (κ3) is 6.92. The fourth-order valence-electron chi connectivity index (χ4n) is 3.88. The summed E-state index contributed by atoms with van der Waals surface area (Å²) < 4.78 is 17.4. The Morgan fingerprint density at radius 2 is 0.718 bits per heavy atom. The summed E-state index contributed by atoms with van der Waals surface area (Å²) in [6.45, 7) is 0.0909. The summed E-state index contributed by atoms with van der Waals surface area (Å²) in [5, 5.41) is 28.3. The van der Waals surface area contributed by atoms with Gasteiger partial charge >= 0.3 is 17.9 Å². The first kappa shape index (κ1) is 26.7. The molecule has 3 N–H and O–H groups in total. The third-order valence-electron chi connectivity index (χ3n) is 5.65. The molecule has 4 aromatic rings. The first-order chi connectivity index (χ1) is 18.8. The lowest BCUT2D eigenvalue weighted by atomic mass is 10.1. The summed E-state index contributed by atoms with van der Waals surface area (Å²) in [6.07, 6.45) is 0. The molecule has 9 heteroatoms. The van der Waals surface area contributed by atoms with Crippen molar-refractivity contribution < 1.29 is 43.9 Å². The predicted octanol–water partition coefficient (Wildman–Crippen LogP) is 5.52. The Balaban J connectivity index is 1.59. The van der Waals surface area contributed by atoms with Gasteiger partial charge in [-0.25, -0.2) is 14.4 Å². The van der Waals surface area contributed by atoms with Gasteiger partial charge in [0, 0.05) is 0 Å². The zero-order valence-electron chi connectivity index (χ0n) is 20.6.